The van der Waals surface area contributed by atoms with Crippen LogP contribution >= 0.6 is 11.6 Å². The van der Waals surface area contributed by atoms with E-state index in [4.69, 9.17) is 16.0 Å². The minimum Gasteiger partial charge on any atom is -0.423 e. The van der Waals surface area contributed by atoms with Gasteiger partial charge in [0.25, 0.3) is 11.9 Å². The van der Waals surface area contributed by atoms with E-state index in [9.17, 15) is 4.79 Å². The van der Waals surface area contributed by atoms with E-state index in [0.29, 0.717) is 22.3 Å². The molecule has 3 heterocycles. The molecule has 1 aromatic carbocycles. The van der Waals surface area contributed by atoms with Crippen molar-refractivity contribution in [3.05, 3.63) is 41.2 Å². The van der Waals surface area contributed by atoms with E-state index < -0.39 is 0 Å². The summed E-state index contributed by atoms with van der Waals surface area (Å²) < 4.78 is 7.39. The van der Waals surface area contributed by atoms with Gasteiger partial charge in [0.1, 0.15) is 11.2 Å². The van der Waals surface area contributed by atoms with Gasteiger partial charge in [-0.05, 0) is 31.0 Å². The zero-order chi connectivity index (χ0) is 17.4. The smallest absolute Gasteiger partial charge is 0.298 e. The number of hydrogen-bond acceptors (Lipinski definition) is 5. The number of halogens is 1. The third-order valence-corrected chi connectivity index (χ3v) is 4.73. The van der Waals surface area contributed by atoms with Crippen LogP contribution in [-0.2, 0) is 7.05 Å². The summed E-state index contributed by atoms with van der Waals surface area (Å²) in [6.07, 6.45) is 3.29. The number of aryl methyl sites for hydroxylation is 1. The monoisotopic (exact) mass is 359 g/mol. The maximum atomic E-state index is 12.3. The van der Waals surface area contributed by atoms with E-state index in [1.807, 2.05) is 6.07 Å². The second-order valence-corrected chi connectivity index (χ2v) is 6.62. The molecule has 1 aliphatic heterocycles. The number of carbonyl (C=O) groups is 1. The zero-order valence-electron chi connectivity index (χ0n) is 13.8. The van der Waals surface area contributed by atoms with Crippen LogP contribution in [0.3, 0.4) is 0 Å². The number of oxazole rings is 1. The summed E-state index contributed by atoms with van der Waals surface area (Å²) in [6.45, 7) is 1.55. The molecule has 2 aromatic heterocycles. The molecule has 1 fully saturated rings. The molecule has 130 valence electrons. The van der Waals surface area contributed by atoms with Gasteiger partial charge in [-0.15, -0.1) is 0 Å². The van der Waals surface area contributed by atoms with Crippen molar-refractivity contribution < 1.29 is 9.21 Å². The minimum absolute atomic E-state index is 0.0880. The first-order chi connectivity index (χ1) is 12.1. The number of aromatic nitrogens is 3. The first kappa shape index (κ1) is 16.0. The Bertz CT molecular complexity index is 911. The topological polar surface area (TPSA) is 76.2 Å². The number of fused-ring (bicyclic) bond motifs is 1. The highest BCUT2D eigenvalue weighted by molar-refractivity contribution is 6.31. The molecule has 7 nitrogen and oxygen atoms in total. The predicted octanol–water partition coefficient (Wildman–Crippen LogP) is 2.61. The van der Waals surface area contributed by atoms with E-state index in [1.165, 1.54) is 0 Å². The molecule has 0 atom stereocenters. The van der Waals surface area contributed by atoms with Gasteiger partial charge in [-0.2, -0.15) is 10.1 Å². The van der Waals surface area contributed by atoms with Crippen molar-refractivity contribution in [2.75, 3.05) is 18.0 Å². The lowest BCUT2D eigenvalue weighted by atomic mass is 10.1. The van der Waals surface area contributed by atoms with Crippen LogP contribution in [0.25, 0.3) is 11.1 Å². The Balaban J connectivity index is 1.39. The van der Waals surface area contributed by atoms with Gasteiger partial charge in [0, 0.05) is 43.5 Å². The fourth-order valence-electron chi connectivity index (χ4n) is 3.09. The van der Waals surface area contributed by atoms with Crippen molar-refractivity contribution in [1.82, 2.24) is 20.1 Å². The Morgan fingerprint density at radius 1 is 1.32 bits per heavy atom. The number of amides is 1. The second kappa shape index (κ2) is 6.40. The molecule has 0 radical (unpaired) electrons. The van der Waals surface area contributed by atoms with Crippen LogP contribution in [0.15, 0.2) is 34.9 Å². The Morgan fingerprint density at radius 3 is 2.84 bits per heavy atom. The summed E-state index contributed by atoms with van der Waals surface area (Å²) >= 11 is 5.99. The number of nitrogens with zero attached hydrogens (tertiary/aromatic N) is 4. The van der Waals surface area contributed by atoms with Gasteiger partial charge < -0.3 is 14.6 Å². The molecule has 1 saturated heterocycles. The number of nitrogens with one attached hydrogen (secondary N) is 1. The maximum Gasteiger partial charge on any atom is 0.298 e. The Hall–Kier alpha value is -2.54. The molecular weight excluding hydrogens is 342 g/mol. The number of benzene rings is 1. The van der Waals surface area contributed by atoms with E-state index in [0.717, 1.165) is 31.4 Å². The molecule has 0 unspecified atom stereocenters. The molecule has 0 bridgehead atoms. The molecule has 0 saturated carbocycles. The quantitative estimate of drug-likeness (QED) is 0.778. The summed E-state index contributed by atoms with van der Waals surface area (Å²) in [5, 5.41) is 7.73. The summed E-state index contributed by atoms with van der Waals surface area (Å²) in [5.41, 5.74) is 2.05. The van der Waals surface area contributed by atoms with Crippen molar-refractivity contribution in [2.24, 2.45) is 7.05 Å². The number of rotatable bonds is 3. The molecule has 0 aliphatic carbocycles. The van der Waals surface area contributed by atoms with Gasteiger partial charge in [0.05, 0.1) is 0 Å². The number of anilines is 1. The van der Waals surface area contributed by atoms with E-state index in [1.54, 1.807) is 36.1 Å². The van der Waals surface area contributed by atoms with Crippen LogP contribution in [0.2, 0.25) is 5.02 Å². The molecule has 1 aliphatic rings. The lowest BCUT2D eigenvalue weighted by molar-refractivity contribution is 0.0921. The first-order valence-electron chi connectivity index (χ1n) is 8.20. The highest BCUT2D eigenvalue weighted by Crippen LogP contribution is 2.26. The Kier molecular flexibility index (Phi) is 4.09. The van der Waals surface area contributed by atoms with Crippen LogP contribution in [-0.4, -0.2) is 39.8 Å². The van der Waals surface area contributed by atoms with E-state index in [2.05, 4.69) is 20.3 Å². The molecule has 1 N–H and O–H groups in total. The highest BCUT2D eigenvalue weighted by Gasteiger charge is 2.24. The average molecular weight is 360 g/mol. The Morgan fingerprint density at radius 2 is 2.12 bits per heavy atom. The van der Waals surface area contributed by atoms with Gasteiger partial charge in [0.2, 0.25) is 0 Å². The van der Waals surface area contributed by atoms with Crippen LogP contribution < -0.4 is 10.2 Å². The number of carbonyl (C=O) groups excluding carboxylic acids is 1. The van der Waals surface area contributed by atoms with Crippen molar-refractivity contribution in [3.8, 4) is 0 Å². The molecular formula is C17H18ClN5O2. The maximum absolute atomic E-state index is 12.3. The minimum atomic E-state index is -0.0880. The Labute approximate surface area is 149 Å². The molecule has 0 spiro atoms. The number of hydrogen-bond donors (Lipinski definition) is 1. The van der Waals surface area contributed by atoms with E-state index >= 15 is 0 Å². The predicted molar refractivity (Wildman–Crippen MR) is 94.9 cm³/mol. The standard InChI is InChI=1S/C17H18ClN5O2/c1-22-14(4-7-19-22)16(24)20-12-5-8-23(9-6-12)17-21-13-3-2-11(18)10-15(13)25-17/h2-4,7,10,12H,5-6,8-9H2,1H3,(H,20,24). The van der Waals surface area contributed by atoms with Crippen molar-refractivity contribution in [3.63, 3.8) is 0 Å². The fraction of sp³-hybridized carbons (Fsp3) is 0.353. The highest BCUT2D eigenvalue weighted by atomic mass is 35.5. The zero-order valence-corrected chi connectivity index (χ0v) is 14.5. The molecule has 8 heteroatoms. The lowest BCUT2D eigenvalue weighted by Gasteiger charge is -2.31. The van der Waals surface area contributed by atoms with Crippen molar-refractivity contribution in [2.45, 2.75) is 18.9 Å². The average Bonchev–Trinajstić information content (AvgIpc) is 3.21. The van der Waals surface area contributed by atoms with Gasteiger partial charge >= 0.3 is 0 Å². The summed E-state index contributed by atoms with van der Waals surface area (Å²) in [5.74, 6) is -0.0880. The van der Waals surface area contributed by atoms with E-state index in [-0.39, 0.29) is 11.9 Å². The first-order valence-corrected chi connectivity index (χ1v) is 8.58. The normalized spacial score (nSPS) is 15.7. The summed E-state index contributed by atoms with van der Waals surface area (Å²) in [7, 11) is 1.76. The van der Waals surface area contributed by atoms with Crippen LogP contribution in [0.5, 0.6) is 0 Å². The van der Waals surface area contributed by atoms with Gasteiger partial charge in [-0.3, -0.25) is 9.48 Å². The largest absolute Gasteiger partial charge is 0.423 e. The SMILES string of the molecule is Cn1nccc1C(=O)NC1CCN(c2nc3ccc(Cl)cc3o2)CC1. The third-order valence-electron chi connectivity index (χ3n) is 4.49. The molecule has 25 heavy (non-hydrogen) atoms. The fourth-order valence-corrected chi connectivity index (χ4v) is 3.25. The third kappa shape index (κ3) is 3.19. The summed E-state index contributed by atoms with van der Waals surface area (Å²) in [4.78, 5) is 18.9. The van der Waals surface area contributed by atoms with Crippen LogP contribution in [0.4, 0.5) is 6.01 Å². The summed E-state index contributed by atoms with van der Waals surface area (Å²) in [6, 6.07) is 7.88. The molecule has 1 amide bonds. The lowest BCUT2D eigenvalue weighted by Crippen LogP contribution is -2.45. The second-order valence-electron chi connectivity index (χ2n) is 6.18. The van der Waals surface area contributed by atoms with Crippen LogP contribution in [0.1, 0.15) is 23.3 Å². The van der Waals surface area contributed by atoms with Crippen molar-refractivity contribution in [1.29, 1.82) is 0 Å². The molecule has 3 aromatic rings. The van der Waals surface area contributed by atoms with Crippen LogP contribution in [0, 0.1) is 0 Å². The van der Waals surface area contributed by atoms with Gasteiger partial charge in [0.15, 0.2) is 5.58 Å². The van der Waals surface area contributed by atoms with Gasteiger partial charge in [-0.1, -0.05) is 11.6 Å². The number of piperidine rings is 1. The van der Waals surface area contributed by atoms with Gasteiger partial charge in [-0.25, -0.2) is 0 Å². The van der Waals surface area contributed by atoms with Crippen molar-refractivity contribution >= 4 is 34.6 Å². The molecule has 4 rings (SSSR count).